The molecule has 2 rings (SSSR count). The van der Waals surface area contributed by atoms with E-state index in [2.05, 4.69) is 12.2 Å². The number of nitrogens with zero attached hydrogens (tertiary/aromatic N) is 1. The summed E-state index contributed by atoms with van der Waals surface area (Å²) in [5.74, 6) is 1.40. The minimum absolute atomic E-state index is 0.00214. The Labute approximate surface area is 162 Å². The molecule has 1 aliphatic rings. The van der Waals surface area contributed by atoms with Crippen molar-refractivity contribution in [3.05, 3.63) is 23.8 Å². The third-order valence-corrected chi connectivity index (χ3v) is 5.16. The molecule has 0 aromatic heterocycles. The van der Waals surface area contributed by atoms with E-state index in [9.17, 15) is 9.59 Å². The summed E-state index contributed by atoms with van der Waals surface area (Å²) < 4.78 is 10.5. The number of benzene rings is 1. The zero-order valence-electron chi connectivity index (χ0n) is 17.1. The normalized spacial score (nSPS) is 18.6. The molecule has 2 unspecified atom stereocenters. The summed E-state index contributed by atoms with van der Waals surface area (Å²) in [6, 6.07) is 4.45. The number of ether oxygens (including phenoxy) is 2. The van der Waals surface area contributed by atoms with Gasteiger partial charge in [0.15, 0.2) is 0 Å². The number of rotatable bonds is 6. The summed E-state index contributed by atoms with van der Waals surface area (Å²) in [6.07, 6.45) is 3.17. The molecule has 2 amide bonds. The molecule has 1 heterocycles. The first-order chi connectivity index (χ1) is 12.8. The van der Waals surface area contributed by atoms with Gasteiger partial charge in [-0.3, -0.25) is 9.59 Å². The van der Waals surface area contributed by atoms with Crippen LogP contribution in [0, 0.1) is 11.8 Å². The highest BCUT2D eigenvalue weighted by Crippen LogP contribution is 2.23. The van der Waals surface area contributed by atoms with Crippen LogP contribution < -0.4 is 14.8 Å². The number of nitrogens with one attached hydrogen (secondary N) is 1. The Morgan fingerprint density at radius 1 is 1.07 bits per heavy atom. The van der Waals surface area contributed by atoms with Crippen LogP contribution >= 0.6 is 0 Å². The predicted molar refractivity (Wildman–Crippen MR) is 105 cm³/mol. The van der Waals surface area contributed by atoms with Gasteiger partial charge in [-0.05, 0) is 43.2 Å². The molecule has 0 saturated carbocycles. The lowest BCUT2D eigenvalue weighted by Crippen LogP contribution is -2.51. The van der Waals surface area contributed by atoms with Gasteiger partial charge in [0.25, 0.3) is 5.91 Å². The maximum atomic E-state index is 13.1. The minimum atomic E-state index is -0.553. The van der Waals surface area contributed by atoms with Crippen molar-refractivity contribution in [2.45, 2.75) is 46.1 Å². The summed E-state index contributed by atoms with van der Waals surface area (Å²) in [6.45, 7) is 7.65. The van der Waals surface area contributed by atoms with E-state index in [1.54, 1.807) is 18.2 Å². The highest BCUT2D eigenvalue weighted by molar-refractivity contribution is 5.98. The molecule has 2 atom stereocenters. The number of likely N-dealkylation sites (tertiary alicyclic amines) is 1. The van der Waals surface area contributed by atoms with Crippen molar-refractivity contribution in [1.29, 1.82) is 0 Å². The summed E-state index contributed by atoms with van der Waals surface area (Å²) >= 11 is 0. The van der Waals surface area contributed by atoms with Gasteiger partial charge in [-0.15, -0.1) is 0 Å². The van der Waals surface area contributed by atoms with Crippen molar-refractivity contribution in [1.82, 2.24) is 10.2 Å². The highest BCUT2D eigenvalue weighted by atomic mass is 16.5. The van der Waals surface area contributed by atoms with E-state index in [0.717, 1.165) is 32.4 Å². The molecule has 0 spiro atoms. The van der Waals surface area contributed by atoms with E-state index >= 15 is 0 Å². The molecule has 1 aromatic rings. The average molecular weight is 376 g/mol. The van der Waals surface area contributed by atoms with Crippen molar-refractivity contribution in [3.8, 4) is 11.5 Å². The molecule has 1 saturated heterocycles. The van der Waals surface area contributed by atoms with Gasteiger partial charge in [0.1, 0.15) is 17.5 Å². The van der Waals surface area contributed by atoms with Crippen LogP contribution in [0.4, 0.5) is 0 Å². The number of carbonyl (C=O) groups excluding carboxylic acids is 2. The van der Waals surface area contributed by atoms with Crippen molar-refractivity contribution < 1.29 is 19.1 Å². The SMILES string of the molecule is COc1cc(OC)cc(C(=O)NC(C(=O)N2CCCC(C)CC2)C(C)C)c1. The van der Waals surface area contributed by atoms with E-state index in [-0.39, 0.29) is 17.7 Å². The lowest BCUT2D eigenvalue weighted by molar-refractivity contribution is -0.134. The van der Waals surface area contributed by atoms with Crippen LogP contribution in [0.1, 0.15) is 50.4 Å². The largest absolute Gasteiger partial charge is 0.497 e. The average Bonchev–Trinajstić information content (AvgIpc) is 2.89. The summed E-state index contributed by atoms with van der Waals surface area (Å²) in [5, 5.41) is 2.92. The van der Waals surface area contributed by atoms with Crippen molar-refractivity contribution >= 4 is 11.8 Å². The fraction of sp³-hybridized carbons (Fsp3) is 0.619. The Kier molecular flexibility index (Phi) is 7.51. The first-order valence-electron chi connectivity index (χ1n) is 9.68. The second-order valence-corrected chi connectivity index (χ2v) is 7.66. The van der Waals surface area contributed by atoms with Gasteiger partial charge in [-0.25, -0.2) is 0 Å². The van der Waals surface area contributed by atoms with Crippen LogP contribution in [-0.2, 0) is 4.79 Å². The minimum Gasteiger partial charge on any atom is -0.497 e. The Morgan fingerprint density at radius 2 is 1.70 bits per heavy atom. The number of methoxy groups -OCH3 is 2. The second-order valence-electron chi connectivity index (χ2n) is 7.66. The van der Waals surface area contributed by atoms with Gasteiger partial charge >= 0.3 is 0 Å². The zero-order chi connectivity index (χ0) is 20.0. The van der Waals surface area contributed by atoms with Gasteiger partial charge < -0.3 is 19.7 Å². The molecule has 6 nitrogen and oxygen atoms in total. The Balaban J connectivity index is 2.15. The molecule has 1 aliphatic heterocycles. The maximum Gasteiger partial charge on any atom is 0.252 e. The summed E-state index contributed by atoms with van der Waals surface area (Å²) in [4.78, 5) is 27.8. The molecule has 150 valence electrons. The number of hydrogen-bond donors (Lipinski definition) is 1. The third kappa shape index (κ3) is 5.62. The van der Waals surface area contributed by atoms with Gasteiger partial charge in [0, 0.05) is 24.7 Å². The molecule has 0 radical (unpaired) electrons. The summed E-state index contributed by atoms with van der Waals surface area (Å²) in [5.41, 5.74) is 0.411. The highest BCUT2D eigenvalue weighted by Gasteiger charge is 2.30. The predicted octanol–water partition coefficient (Wildman–Crippen LogP) is 3.11. The molecule has 0 bridgehead atoms. The Hall–Kier alpha value is -2.24. The van der Waals surface area contributed by atoms with Gasteiger partial charge in [0.2, 0.25) is 5.91 Å². The molecule has 1 aromatic carbocycles. The number of amides is 2. The van der Waals surface area contributed by atoms with Crippen LogP contribution in [0.2, 0.25) is 0 Å². The van der Waals surface area contributed by atoms with Gasteiger partial charge in [0.05, 0.1) is 14.2 Å². The van der Waals surface area contributed by atoms with Crippen molar-refractivity contribution in [3.63, 3.8) is 0 Å². The van der Waals surface area contributed by atoms with Gasteiger partial charge in [-0.2, -0.15) is 0 Å². The zero-order valence-corrected chi connectivity index (χ0v) is 17.1. The first kappa shape index (κ1) is 21.1. The molecular weight excluding hydrogens is 344 g/mol. The topological polar surface area (TPSA) is 67.9 Å². The molecular formula is C21H32N2O4. The first-order valence-corrected chi connectivity index (χ1v) is 9.68. The molecule has 0 aliphatic carbocycles. The third-order valence-electron chi connectivity index (χ3n) is 5.16. The van der Waals surface area contributed by atoms with Crippen LogP contribution in [0.25, 0.3) is 0 Å². The van der Waals surface area contributed by atoms with Crippen molar-refractivity contribution in [2.24, 2.45) is 11.8 Å². The van der Waals surface area contributed by atoms with Crippen LogP contribution in [0.5, 0.6) is 11.5 Å². The molecule has 1 N–H and O–H groups in total. The second kappa shape index (κ2) is 9.62. The monoisotopic (exact) mass is 376 g/mol. The number of hydrogen-bond acceptors (Lipinski definition) is 4. The smallest absolute Gasteiger partial charge is 0.252 e. The fourth-order valence-electron chi connectivity index (χ4n) is 3.36. The molecule has 6 heteroatoms. The van der Waals surface area contributed by atoms with Crippen LogP contribution in [0.15, 0.2) is 18.2 Å². The molecule has 27 heavy (non-hydrogen) atoms. The van der Waals surface area contributed by atoms with E-state index in [0.29, 0.717) is 23.0 Å². The number of carbonyl (C=O) groups is 2. The quantitative estimate of drug-likeness (QED) is 0.828. The Bertz CT molecular complexity index is 637. The van der Waals surface area contributed by atoms with E-state index in [4.69, 9.17) is 9.47 Å². The Morgan fingerprint density at radius 3 is 2.26 bits per heavy atom. The van der Waals surface area contributed by atoms with E-state index < -0.39 is 6.04 Å². The van der Waals surface area contributed by atoms with E-state index in [1.807, 2.05) is 18.7 Å². The van der Waals surface area contributed by atoms with Crippen LogP contribution in [-0.4, -0.2) is 50.1 Å². The molecule has 1 fully saturated rings. The summed E-state index contributed by atoms with van der Waals surface area (Å²) in [7, 11) is 3.08. The fourth-order valence-corrected chi connectivity index (χ4v) is 3.36. The van der Waals surface area contributed by atoms with Crippen molar-refractivity contribution in [2.75, 3.05) is 27.3 Å². The standard InChI is InChI=1S/C21H32N2O4/c1-14(2)19(21(25)23-9-6-7-15(3)8-10-23)22-20(24)16-11-17(26-4)13-18(12-16)27-5/h11-15,19H,6-10H2,1-5H3,(H,22,24). The lowest BCUT2D eigenvalue weighted by atomic mass is 10.0. The van der Waals surface area contributed by atoms with Crippen LogP contribution in [0.3, 0.4) is 0 Å². The maximum absolute atomic E-state index is 13.1. The van der Waals surface area contributed by atoms with Gasteiger partial charge in [-0.1, -0.05) is 20.8 Å². The van der Waals surface area contributed by atoms with E-state index in [1.165, 1.54) is 14.2 Å². The lowest BCUT2D eigenvalue weighted by Gasteiger charge is -2.29.